The first-order valence-electron chi connectivity index (χ1n) is 8.15. The van der Waals surface area contributed by atoms with Gasteiger partial charge < -0.3 is 21.7 Å². The van der Waals surface area contributed by atoms with Gasteiger partial charge in [0.15, 0.2) is 0 Å². The molecule has 0 fully saturated rings. The van der Waals surface area contributed by atoms with Gasteiger partial charge in [-0.1, -0.05) is 32.4 Å². The van der Waals surface area contributed by atoms with E-state index in [0.29, 0.717) is 22.1 Å². The lowest BCUT2D eigenvalue weighted by Gasteiger charge is -2.25. The van der Waals surface area contributed by atoms with E-state index in [4.69, 9.17) is 17.3 Å². The number of carbonyl (C=O) groups excluding carboxylic acids is 2. The molecule has 0 heterocycles. The molecule has 3 amide bonds. The molecule has 5 N–H and O–H groups in total. The third-order valence-electron chi connectivity index (χ3n) is 3.73. The van der Waals surface area contributed by atoms with Crippen LogP contribution in [0.3, 0.4) is 0 Å². The minimum Gasteiger partial charge on any atom is -0.325 e. The van der Waals surface area contributed by atoms with E-state index in [-0.39, 0.29) is 29.8 Å². The standard InChI is InChI=1S/C19H23ClN4O2.ClH/c1-19(2,3)16(21)17(25)22-13-8-10-15(11-9-13)24-18(26)23-14-6-4-12(20)5-7-14;/h4-11,16H,21H2,1-3H3,(H,22,25)(H2,23,24,26);1H/t16-;/m1./s1. The molecule has 0 saturated heterocycles. The summed E-state index contributed by atoms with van der Waals surface area (Å²) < 4.78 is 0. The lowest BCUT2D eigenvalue weighted by molar-refractivity contribution is -0.119. The molecule has 0 radical (unpaired) electrons. The number of hydrogen-bond donors (Lipinski definition) is 4. The van der Waals surface area contributed by atoms with Crippen LogP contribution in [-0.2, 0) is 4.79 Å². The Balaban J connectivity index is 0.00000364. The van der Waals surface area contributed by atoms with E-state index < -0.39 is 6.04 Å². The molecule has 0 unspecified atom stereocenters. The van der Waals surface area contributed by atoms with Gasteiger partial charge in [0, 0.05) is 22.1 Å². The zero-order chi connectivity index (χ0) is 19.3. The lowest BCUT2D eigenvalue weighted by Crippen LogP contribution is -2.45. The predicted octanol–water partition coefficient (Wildman–Crippen LogP) is 4.72. The second-order valence-corrected chi connectivity index (χ2v) is 7.43. The summed E-state index contributed by atoms with van der Waals surface area (Å²) in [5, 5.41) is 8.78. The van der Waals surface area contributed by atoms with Crippen molar-refractivity contribution in [3.8, 4) is 0 Å². The van der Waals surface area contributed by atoms with Crippen molar-refractivity contribution in [3.05, 3.63) is 53.6 Å². The number of benzene rings is 2. The molecular formula is C19H24Cl2N4O2. The minimum absolute atomic E-state index is 0. The average molecular weight is 411 g/mol. The summed E-state index contributed by atoms with van der Waals surface area (Å²) in [5.74, 6) is -0.251. The summed E-state index contributed by atoms with van der Waals surface area (Å²) in [6.45, 7) is 5.72. The first kappa shape index (κ1) is 22.8. The predicted molar refractivity (Wildman–Crippen MR) is 114 cm³/mol. The maximum Gasteiger partial charge on any atom is 0.323 e. The van der Waals surface area contributed by atoms with Crippen molar-refractivity contribution in [2.75, 3.05) is 16.0 Å². The van der Waals surface area contributed by atoms with Crippen molar-refractivity contribution >= 4 is 53.0 Å². The third-order valence-corrected chi connectivity index (χ3v) is 3.98. The highest BCUT2D eigenvalue weighted by Gasteiger charge is 2.27. The van der Waals surface area contributed by atoms with E-state index in [9.17, 15) is 9.59 Å². The van der Waals surface area contributed by atoms with Crippen LogP contribution >= 0.6 is 24.0 Å². The summed E-state index contributed by atoms with van der Waals surface area (Å²) in [6, 6.07) is 12.6. The van der Waals surface area contributed by atoms with Crippen molar-refractivity contribution < 1.29 is 9.59 Å². The van der Waals surface area contributed by atoms with Crippen molar-refractivity contribution in [1.29, 1.82) is 0 Å². The number of amides is 3. The molecule has 27 heavy (non-hydrogen) atoms. The molecule has 0 bridgehead atoms. The third kappa shape index (κ3) is 7.09. The second-order valence-electron chi connectivity index (χ2n) is 7.00. The van der Waals surface area contributed by atoms with Gasteiger partial charge in [-0.2, -0.15) is 0 Å². The van der Waals surface area contributed by atoms with E-state index in [0.717, 1.165) is 0 Å². The molecule has 8 heteroatoms. The van der Waals surface area contributed by atoms with Crippen LogP contribution in [0.15, 0.2) is 48.5 Å². The number of rotatable bonds is 4. The fraction of sp³-hybridized carbons (Fsp3) is 0.263. The van der Waals surface area contributed by atoms with Gasteiger partial charge in [0.05, 0.1) is 6.04 Å². The van der Waals surface area contributed by atoms with Gasteiger partial charge in [0.25, 0.3) is 0 Å². The summed E-state index contributed by atoms with van der Waals surface area (Å²) in [7, 11) is 0. The Kier molecular flexibility index (Phi) is 8.09. The Bertz CT molecular complexity index is 772. The van der Waals surface area contributed by atoms with Crippen LogP contribution in [0.5, 0.6) is 0 Å². The van der Waals surface area contributed by atoms with Crippen molar-refractivity contribution in [1.82, 2.24) is 0 Å². The Labute approximate surface area is 170 Å². The molecule has 0 saturated carbocycles. The zero-order valence-corrected chi connectivity index (χ0v) is 16.9. The highest BCUT2D eigenvalue weighted by atomic mass is 35.5. The SMILES string of the molecule is CC(C)(C)[C@H](N)C(=O)Nc1ccc(NC(=O)Nc2ccc(Cl)cc2)cc1.Cl. The summed E-state index contributed by atoms with van der Waals surface area (Å²) in [4.78, 5) is 24.1. The fourth-order valence-corrected chi connectivity index (χ4v) is 2.20. The van der Waals surface area contributed by atoms with E-state index in [1.54, 1.807) is 48.5 Å². The van der Waals surface area contributed by atoms with E-state index in [1.807, 2.05) is 20.8 Å². The van der Waals surface area contributed by atoms with E-state index in [1.165, 1.54) is 0 Å². The largest absolute Gasteiger partial charge is 0.325 e. The topological polar surface area (TPSA) is 96.2 Å². The summed E-state index contributed by atoms with van der Waals surface area (Å²) in [5.41, 5.74) is 7.44. The molecule has 0 aromatic heterocycles. The molecule has 0 aliphatic heterocycles. The van der Waals surface area contributed by atoms with Crippen LogP contribution in [0.25, 0.3) is 0 Å². The molecule has 2 aromatic carbocycles. The number of nitrogens with one attached hydrogen (secondary N) is 3. The molecule has 0 spiro atoms. The first-order chi connectivity index (χ1) is 12.1. The number of urea groups is 1. The van der Waals surface area contributed by atoms with Gasteiger partial charge in [-0.05, 0) is 53.9 Å². The van der Waals surface area contributed by atoms with Crippen LogP contribution in [0.1, 0.15) is 20.8 Å². The van der Waals surface area contributed by atoms with Crippen LogP contribution in [0.2, 0.25) is 5.02 Å². The zero-order valence-electron chi connectivity index (χ0n) is 15.4. The van der Waals surface area contributed by atoms with Gasteiger partial charge >= 0.3 is 6.03 Å². The maximum absolute atomic E-state index is 12.1. The molecule has 6 nitrogen and oxygen atoms in total. The van der Waals surface area contributed by atoms with Gasteiger partial charge in [0.2, 0.25) is 5.91 Å². The van der Waals surface area contributed by atoms with E-state index >= 15 is 0 Å². The van der Waals surface area contributed by atoms with E-state index in [2.05, 4.69) is 16.0 Å². The Morgan fingerprint density at radius 1 is 0.852 bits per heavy atom. The van der Waals surface area contributed by atoms with Crippen molar-refractivity contribution in [2.45, 2.75) is 26.8 Å². The molecule has 1 atom stereocenters. The molecule has 2 rings (SSSR count). The van der Waals surface area contributed by atoms with Crippen LogP contribution in [0.4, 0.5) is 21.9 Å². The minimum atomic E-state index is -0.620. The number of halogens is 2. The van der Waals surface area contributed by atoms with Gasteiger partial charge in [-0.15, -0.1) is 12.4 Å². The van der Waals surface area contributed by atoms with Crippen LogP contribution < -0.4 is 21.7 Å². The smallest absolute Gasteiger partial charge is 0.323 e. The maximum atomic E-state index is 12.1. The summed E-state index contributed by atoms with van der Waals surface area (Å²) >= 11 is 5.81. The van der Waals surface area contributed by atoms with Crippen molar-refractivity contribution in [3.63, 3.8) is 0 Å². The average Bonchev–Trinajstić information content (AvgIpc) is 2.57. The van der Waals surface area contributed by atoms with Crippen LogP contribution in [0, 0.1) is 5.41 Å². The molecule has 0 aliphatic carbocycles. The monoisotopic (exact) mass is 410 g/mol. The Hall–Kier alpha value is -2.28. The Morgan fingerprint density at radius 2 is 1.22 bits per heavy atom. The number of carbonyl (C=O) groups is 2. The van der Waals surface area contributed by atoms with Gasteiger partial charge in [-0.25, -0.2) is 4.79 Å². The molecular weight excluding hydrogens is 387 g/mol. The lowest BCUT2D eigenvalue weighted by atomic mass is 9.87. The molecule has 2 aromatic rings. The number of hydrogen-bond acceptors (Lipinski definition) is 3. The van der Waals surface area contributed by atoms with Gasteiger partial charge in [0.1, 0.15) is 0 Å². The quantitative estimate of drug-likeness (QED) is 0.586. The Morgan fingerprint density at radius 3 is 1.63 bits per heavy atom. The molecule has 146 valence electrons. The highest BCUT2D eigenvalue weighted by molar-refractivity contribution is 6.30. The number of nitrogens with two attached hydrogens (primary N) is 1. The summed E-state index contributed by atoms with van der Waals surface area (Å²) in [6.07, 6.45) is 0. The van der Waals surface area contributed by atoms with Crippen LogP contribution in [-0.4, -0.2) is 18.0 Å². The normalized spacial score (nSPS) is 11.7. The number of anilines is 3. The van der Waals surface area contributed by atoms with Gasteiger partial charge in [-0.3, -0.25) is 4.79 Å². The van der Waals surface area contributed by atoms with Crippen molar-refractivity contribution in [2.24, 2.45) is 11.1 Å². The highest BCUT2D eigenvalue weighted by Crippen LogP contribution is 2.20. The first-order valence-corrected chi connectivity index (χ1v) is 8.53. The molecule has 0 aliphatic rings. The second kappa shape index (κ2) is 9.60. The fourth-order valence-electron chi connectivity index (χ4n) is 2.08.